The van der Waals surface area contributed by atoms with Gasteiger partial charge in [0, 0.05) is 18.3 Å². The molecule has 1 amide bonds. The Labute approximate surface area is 151 Å². The zero-order valence-corrected chi connectivity index (χ0v) is 15.5. The first-order chi connectivity index (χ1) is 12.1. The fraction of sp³-hybridized carbons (Fsp3) is 0.200. The van der Waals surface area contributed by atoms with Crippen LogP contribution in [0.15, 0.2) is 47.5 Å². The maximum Gasteiger partial charge on any atom is 0.265 e. The van der Waals surface area contributed by atoms with Crippen molar-refractivity contribution in [2.45, 2.75) is 18.0 Å². The van der Waals surface area contributed by atoms with Crippen LogP contribution in [0.1, 0.15) is 21.6 Å². The van der Waals surface area contributed by atoms with E-state index < -0.39 is 26.0 Å². The summed E-state index contributed by atoms with van der Waals surface area (Å²) in [6.07, 6.45) is 2.28. The second-order valence-electron chi connectivity index (χ2n) is 5.41. The molecule has 1 heterocycles. The van der Waals surface area contributed by atoms with Crippen LogP contribution in [-0.2, 0) is 33.1 Å². The summed E-state index contributed by atoms with van der Waals surface area (Å²) >= 11 is 0. The standard InChI is InChI=1S/C15H18N4O5S2/c1-25(21,22)18-10-13-8-12(6-7-17-13)15(20)19-26(23,24)14-4-2-11(9-16)3-5-14/h2-8,18H,9-10,16H2,1H3,(H,19,20). The van der Waals surface area contributed by atoms with Crippen molar-refractivity contribution < 1.29 is 21.6 Å². The molecule has 0 saturated heterocycles. The minimum atomic E-state index is -4.05. The van der Waals surface area contributed by atoms with Gasteiger partial charge in [-0.2, -0.15) is 0 Å². The highest BCUT2D eigenvalue weighted by molar-refractivity contribution is 7.90. The van der Waals surface area contributed by atoms with Crippen molar-refractivity contribution in [3.8, 4) is 0 Å². The molecule has 0 fully saturated rings. The van der Waals surface area contributed by atoms with Gasteiger partial charge in [0.1, 0.15) is 0 Å². The normalized spacial score (nSPS) is 11.9. The molecular formula is C15H18N4O5S2. The molecule has 0 radical (unpaired) electrons. The van der Waals surface area contributed by atoms with Gasteiger partial charge < -0.3 is 5.73 Å². The van der Waals surface area contributed by atoms with Crippen LogP contribution in [0.2, 0.25) is 0 Å². The van der Waals surface area contributed by atoms with Gasteiger partial charge in [0.25, 0.3) is 15.9 Å². The topological polar surface area (TPSA) is 148 Å². The van der Waals surface area contributed by atoms with Crippen LogP contribution >= 0.6 is 0 Å². The predicted molar refractivity (Wildman–Crippen MR) is 94.9 cm³/mol. The zero-order valence-electron chi connectivity index (χ0n) is 13.8. The lowest BCUT2D eigenvalue weighted by atomic mass is 10.2. The molecule has 140 valence electrons. The Morgan fingerprint density at radius 3 is 2.35 bits per heavy atom. The molecule has 9 nitrogen and oxygen atoms in total. The Kier molecular flexibility index (Phi) is 6.08. The summed E-state index contributed by atoms with van der Waals surface area (Å²) in [5.74, 6) is -0.851. The lowest BCUT2D eigenvalue weighted by Gasteiger charge is -2.08. The number of carbonyl (C=O) groups is 1. The quantitative estimate of drug-likeness (QED) is 0.580. The number of rotatable bonds is 7. The Balaban J connectivity index is 2.15. The number of sulfonamides is 2. The third-order valence-corrected chi connectivity index (χ3v) is 5.31. The first-order valence-corrected chi connectivity index (χ1v) is 10.7. The largest absolute Gasteiger partial charge is 0.326 e. The van der Waals surface area contributed by atoms with Crippen molar-refractivity contribution in [1.29, 1.82) is 0 Å². The number of nitrogens with one attached hydrogen (secondary N) is 2. The molecule has 0 aliphatic heterocycles. The van der Waals surface area contributed by atoms with Crippen LogP contribution in [0.4, 0.5) is 0 Å². The Bertz CT molecular complexity index is 1000. The van der Waals surface area contributed by atoms with Gasteiger partial charge in [0.15, 0.2) is 0 Å². The van der Waals surface area contributed by atoms with Crippen LogP contribution in [0.25, 0.3) is 0 Å². The van der Waals surface area contributed by atoms with Gasteiger partial charge in [-0.3, -0.25) is 9.78 Å². The second kappa shape index (κ2) is 7.91. The molecule has 1 aromatic carbocycles. The molecule has 2 rings (SSSR count). The van der Waals surface area contributed by atoms with Crippen molar-refractivity contribution in [3.63, 3.8) is 0 Å². The Morgan fingerprint density at radius 1 is 1.12 bits per heavy atom. The summed E-state index contributed by atoms with van der Waals surface area (Å²) in [7, 11) is -7.47. The van der Waals surface area contributed by atoms with Crippen LogP contribution in [0, 0.1) is 0 Å². The molecule has 0 spiro atoms. The van der Waals surface area contributed by atoms with Gasteiger partial charge in [0.05, 0.1) is 23.4 Å². The SMILES string of the molecule is CS(=O)(=O)NCc1cc(C(=O)NS(=O)(=O)c2ccc(CN)cc2)ccn1. The third kappa shape index (κ3) is 5.59. The number of amides is 1. The maximum atomic E-state index is 12.3. The molecule has 0 aliphatic carbocycles. The van der Waals surface area contributed by atoms with Crippen LogP contribution in [-0.4, -0.2) is 34.0 Å². The third-order valence-electron chi connectivity index (χ3n) is 3.29. The molecule has 0 atom stereocenters. The number of pyridine rings is 1. The van der Waals surface area contributed by atoms with E-state index in [-0.39, 0.29) is 29.2 Å². The monoisotopic (exact) mass is 398 g/mol. The van der Waals surface area contributed by atoms with Crippen molar-refractivity contribution in [3.05, 3.63) is 59.4 Å². The second-order valence-corrected chi connectivity index (χ2v) is 8.93. The molecule has 2 aromatic rings. The number of carbonyl (C=O) groups excluding carboxylic acids is 1. The number of hydrogen-bond donors (Lipinski definition) is 3. The van der Waals surface area contributed by atoms with Crippen molar-refractivity contribution >= 4 is 26.0 Å². The van der Waals surface area contributed by atoms with Crippen LogP contribution in [0.5, 0.6) is 0 Å². The van der Waals surface area contributed by atoms with Crippen molar-refractivity contribution in [2.75, 3.05) is 6.26 Å². The lowest BCUT2D eigenvalue weighted by Crippen LogP contribution is -2.31. The van der Waals surface area contributed by atoms with E-state index in [9.17, 15) is 21.6 Å². The van der Waals surface area contributed by atoms with Gasteiger partial charge in [-0.25, -0.2) is 26.3 Å². The molecule has 0 aliphatic rings. The van der Waals surface area contributed by atoms with E-state index in [2.05, 4.69) is 9.71 Å². The molecule has 0 saturated carbocycles. The van der Waals surface area contributed by atoms with E-state index in [0.717, 1.165) is 11.8 Å². The highest BCUT2D eigenvalue weighted by atomic mass is 32.2. The summed E-state index contributed by atoms with van der Waals surface area (Å²) in [5.41, 5.74) is 6.53. The summed E-state index contributed by atoms with van der Waals surface area (Å²) in [6.45, 7) is 0.154. The van der Waals surface area contributed by atoms with Crippen molar-refractivity contribution in [1.82, 2.24) is 14.4 Å². The molecule has 0 unspecified atom stereocenters. The highest BCUT2D eigenvalue weighted by Gasteiger charge is 2.19. The predicted octanol–water partition coefficient (Wildman–Crippen LogP) is -0.292. The van der Waals surface area contributed by atoms with E-state index in [1.54, 1.807) is 12.1 Å². The lowest BCUT2D eigenvalue weighted by molar-refractivity contribution is 0.0981. The number of hydrogen-bond acceptors (Lipinski definition) is 7. The Hall–Kier alpha value is -2.34. The number of benzene rings is 1. The van der Waals surface area contributed by atoms with E-state index in [0.29, 0.717) is 0 Å². The fourth-order valence-electron chi connectivity index (χ4n) is 1.97. The molecular weight excluding hydrogens is 380 g/mol. The first-order valence-electron chi connectivity index (χ1n) is 7.36. The maximum absolute atomic E-state index is 12.3. The zero-order chi connectivity index (χ0) is 19.4. The Morgan fingerprint density at radius 2 is 1.77 bits per heavy atom. The minimum absolute atomic E-state index is 0.0347. The molecule has 1 aromatic heterocycles. The minimum Gasteiger partial charge on any atom is -0.326 e. The van der Waals surface area contributed by atoms with Crippen molar-refractivity contribution in [2.24, 2.45) is 5.73 Å². The van der Waals surface area contributed by atoms with E-state index in [4.69, 9.17) is 5.73 Å². The smallest absolute Gasteiger partial charge is 0.265 e. The molecule has 26 heavy (non-hydrogen) atoms. The number of aromatic nitrogens is 1. The van der Waals surface area contributed by atoms with Crippen LogP contribution in [0.3, 0.4) is 0 Å². The van der Waals surface area contributed by atoms with Gasteiger partial charge >= 0.3 is 0 Å². The molecule has 11 heteroatoms. The first kappa shape index (κ1) is 20.0. The summed E-state index contributed by atoms with van der Waals surface area (Å²) in [4.78, 5) is 16.1. The molecule has 4 N–H and O–H groups in total. The summed E-state index contributed by atoms with van der Waals surface area (Å²) in [6, 6.07) is 8.45. The van der Waals surface area contributed by atoms with E-state index in [1.807, 2.05) is 4.72 Å². The number of nitrogens with zero attached hydrogens (tertiary/aromatic N) is 1. The van der Waals surface area contributed by atoms with Crippen LogP contribution < -0.4 is 15.2 Å². The van der Waals surface area contributed by atoms with Gasteiger partial charge in [0.2, 0.25) is 10.0 Å². The van der Waals surface area contributed by atoms with E-state index in [1.165, 1.54) is 30.5 Å². The average Bonchev–Trinajstić information content (AvgIpc) is 2.59. The average molecular weight is 398 g/mol. The highest BCUT2D eigenvalue weighted by Crippen LogP contribution is 2.11. The fourth-order valence-corrected chi connectivity index (χ4v) is 3.35. The number of nitrogens with two attached hydrogens (primary N) is 1. The van der Waals surface area contributed by atoms with Gasteiger partial charge in [-0.15, -0.1) is 0 Å². The summed E-state index contributed by atoms with van der Waals surface area (Å²) in [5, 5.41) is 0. The van der Waals surface area contributed by atoms with Gasteiger partial charge in [-0.1, -0.05) is 12.1 Å². The van der Waals surface area contributed by atoms with Gasteiger partial charge in [-0.05, 0) is 29.8 Å². The molecule has 0 bridgehead atoms. The van der Waals surface area contributed by atoms with E-state index >= 15 is 0 Å². The summed E-state index contributed by atoms with van der Waals surface area (Å²) < 4.78 is 51.0.